The van der Waals surface area contributed by atoms with Crippen LogP contribution in [0.25, 0.3) is 0 Å². The van der Waals surface area contributed by atoms with Crippen molar-refractivity contribution in [3.63, 3.8) is 0 Å². The smallest absolute Gasteiger partial charge is 0.435 e. The number of nitrogens with one attached hydrogen (secondary N) is 1. The third-order valence-corrected chi connectivity index (χ3v) is 4.08. The van der Waals surface area contributed by atoms with E-state index < -0.39 is 28.6 Å². The van der Waals surface area contributed by atoms with Crippen molar-refractivity contribution < 1.29 is 32.2 Å². The van der Waals surface area contributed by atoms with Crippen LogP contribution in [0.1, 0.15) is 27.9 Å². The monoisotopic (exact) mass is 388 g/mol. The van der Waals surface area contributed by atoms with E-state index in [0.29, 0.717) is 22.6 Å². The van der Waals surface area contributed by atoms with E-state index in [1.165, 1.54) is 14.0 Å². The van der Waals surface area contributed by atoms with E-state index in [1.807, 2.05) is 0 Å². The highest BCUT2D eigenvalue weighted by Gasteiger charge is 2.40. The zero-order valence-electron chi connectivity index (χ0n) is 13.8. The second-order valence-electron chi connectivity index (χ2n) is 4.99. The number of methoxy groups -OCH3 is 1. The van der Waals surface area contributed by atoms with Crippen LogP contribution in [0.5, 0.6) is 5.75 Å². The molecule has 1 aromatic heterocycles. The number of thiazole rings is 1. The third-order valence-electron chi connectivity index (χ3n) is 3.13. The van der Waals surface area contributed by atoms with Gasteiger partial charge in [0.1, 0.15) is 10.6 Å². The van der Waals surface area contributed by atoms with Crippen molar-refractivity contribution in [1.82, 2.24) is 4.98 Å². The molecule has 0 aliphatic rings. The molecule has 10 heteroatoms. The van der Waals surface area contributed by atoms with Gasteiger partial charge in [0, 0.05) is 0 Å². The summed E-state index contributed by atoms with van der Waals surface area (Å²) in [6.45, 7) is 1.40. The SMILES string of the molecule is CCOC(=O)c1sc(NC(=O)Cc2ccc(OC)cc2)nc1C(F)(F)F. The molecule has 1 amide bonds. The highest BCUT2D eigenvalue weighted by molar-refractivity contribution is 7.17. The summed E-state index contributed by atoms with van der Waals surface area (Å²) in [4.78, 5) is 26.4. The molecule has 0 saturated heterocycles. The fourth-order valence-corrected chi connectivity index (χ4v) is 2.89. The molecule has 0 spiro atoms. The number of esters is 1. The summed E-state index contributed by atoms with van der Waals surface area (Å²) >= 11 is 0.422. The van der Waals surface area contributed by atoms with Crippen molar-refractivity contribution in [2.75, 3.05) is 19.0 Å². The molecule has 26 heavy (non-hydrogen) atoms. The maximum Gasteiger partial charge on any atom is 0.435 e. The molecule has 1 heterocycles. The minimum Gasteiger partial charge on any atom is -0.497 e. The molecule has 0 bridgehead atoms. The Hall–Kier alpha value is -2.62. The first kappa shape index (κ1) is 19.7. The van der Waals surface area contributed by atoms with Crippen LogP contribution in [0, 0.1) is 0 Å². The fraction of sp³-hybridized carbons (Fsp3) is 0.312. The number of nitrogens with zero attached hydrogens (tertiary/aromatic N) is 1. The van der Waals surface area contributed by atoms with Crippen LogP contribution >= 0.6 is 11.3 Å². The van der Waals surface area contributed by atoms with Gasteiger partial charge in [-0.05, 0) is 24.6 Å². The van der Waals surface area contributed by atoms with Crippen LogP contribution in [0.4, 0.5) is 18.3 Å². The van der Waals surface area contributed by atoms with E-state index in [2.05, 4.69) is 15.0 Å². The molecule has 0 unspecified atom stereocenters. The summed E-state index contributed by atoms with van der Waals surface area (Å²) in [6, 6.07) is 6.64. The lowest BCUT2D eigenvalue weighted by Gasteiger charge is -2.05. The Labute approximate surface area is 150 Å². The van der Waals surface area contributed by atoms with E-state index in [4.69, 9.17) is 4.74 Å². The second-order valence-corrected chi connectivity index (χ2v) is 5.99. The number of amides is 1. The minimum absolute atomic E-state index is 0.0698. The van der Waals surface area contributed by atoms with Gasteiger partial charge in [0.2, 0.25) is 5.91 Å². The fourth-order valence-electron chi connectivity index (χ4n) is 1.99. The molecular formula is C16H15F3N2O4S. The van der Waals surface area contributed by atoms with Crippen LogP contribution in [0.15, 0.2) is 24.3 Å². The first-order chi connectivity index (χ1) is 12.2. The van der Waals surface area contributed by atoms with E-state index in [0.717, 1.165) is 0 Å². The van der Waals surface area contributed by atoms with Gasteiger partial charge < -0.3 is 14.8 Å². The first-order valence-electron chi connectivity index (χ1n) is 7.42. The van der Waals surface area contributed by atoms with Crippen molar-refractivity contribution in [3.05, 3.63) is 40.4 Å². The Morgan fingerprint density at radius 2 is 1.88 bits per heavy atom. The zero-order valence-corrected chi connectivity index (χ0v) is 14.7. The van der Waals surface area contributed by atoms with Crippen molar-refractivity contribution in [3.8, 4) is 5.75 Å². The maximum atomic E-state index is 13.0. The maximum absolute atomic E-state index is 13.0. The van der Waals surface area contributed by atoms with E-state index in [1.54, 1.807) is 24.3 Å². The zero-order chi connectivity index (χ0) is 19.3. The number of hydrogen-bond donors (Lipinski definition) is 1. The van der Waals surface area contributed by atoms with Gasteiger partial charge in [-0.25, -0.2) is 9.78 Å². The molecule has 0 fully saturated rings. The average molecular weight is 388 g/mol. The van der Waals surface area contributed by atoms with Gasteiger partial charge in [0.05, 0.1) is 20.1 Å². The third kappa shape index (κ3) is 4.94. The minimum atomic E-state index is -4.84. The molecule has 0 aliphatic heterocycles. The summed E-state index contributed by atoms with van der Waals surface area (Å²) in [5.41, 5.74) is -0.734. The number of rotatable bonds is 6. The Balaban J connectivity index is 2.15. The summed E-state index contributed by atoms with van der Waals surface area (Å²) in [5, 5.41) is 1.96. The van der Waals surface area contributed by atoms with E-state index in [-0.39, 0.29) is 18.2 Å². The van der Waals surface area contributed by atoms with Crippen LogP contribution in [0.2, 0.25) is 0 Å². The summed E-state index contributed by atoms with van der Waals surface area (Å²) in [7, 11) is 1.50. The van der Waals surface area contributed by atoms with Crippen molar-refractivity contribution >= 4 is 28.3 Å². The quantitative estimate of drug-likeness (QED) is 0.766. The Bertz CT molecular complexity index is 788. The highest BCUT2D eigenvalue weighted by Crippen LogP contribution is 2.36. The van der Waals surface area contributed by atoms with Crippen LogP contribution in [-0.4, -0.2) is 30.6 Å². The number of carbonyl (C=O) groups excluding carboxylic acids is 2. The van der Waals surface area contributed by atoms with E-state index in [9.17, 15) is 22.8 Å². The molecule has 0 atom stereocenters. The van der Waals surface area contributed by atoms with Gasteiger partial charge in [-0.1, -0.05) is 23.5 Å². The standard InChI is InChI=1S/C16H15F3N2O4S/c1-3-25-14(23)12-13(16(17,18)19)21-15(26-12)20-11(22)8-9-4-6-10(24-2)7-5-9/h4-7H,3,8H2,1-2H3,(H,20,21,22). The van der Waals surface area contributed by atoms with Crippen LogP contribution < -0.4 is 10.1 Å². The van der Waals surface area contributed by atoms with Crippen LogP contribution in [0.3, 0.4) is 0 Å². The summed E-state index contributed by atoms with van der Waals surface area (Å²) in [6.07, 6.45) is -4.91. The molecule has 0 radical (unpaired) electrons. The lowest BCUT2D eigenvalue weighted by molar-refractivity contribution is -0.141. The number of carbonyl (C=O) groups is 2. The topological polar surface area (TPSA) is 77.5 Å². The predicted molar refractivity (Wildman–Crippen MR) is 88.4 cm³/mol. The van der Waals surface area contributed by atoms with Gasteiger partial charge in [0.15, 0.2) is 10.8 Å². The highest BCUT2D eigenvalue weighted by atomic mass is 32.1. The summed E-state index contributed by atoms with van der Waals surface area (Å²) < 4.78 is 48.7. The molecule has 2 aromatic rings. The van der Waals surface area contributed by atoms with Gasteiger partial charge in [-0.3, -0.25) is 4.79 Å². The van der Waals surface area contributed by atoms with Gasteiger partial charge in [-0.2, -0.15) is 13.2 Å². The number of anilines is 1. The molecule has 0 saturated carbocycles. The Morgan fingerprint density at radius 1 is 1.23 bits per heavy atom. The van der Waals surface area contributed by atoms with Crippen LogP contribution in [-0.2, 0) is 22.1 Å². The normalized spacial score (nSPS) is 11.1. The first-order valence-corrected chi connectivity index (χ1v) is 8.24. The van der Waals surface area contributed by atoms with Crippen molar-refractivity contribution in [2.24, 2.45) is 0 Å². The molecule has 2 rings (SSSR count). The van der Waals surface area contributed by atoms with Gasteiger partial charge in [-0.15, -0.1) is 0 Å². The Kier molecular flexibility index (Phi) is 6.19. The van der Waals surface area contributed by atoms with Crippen molar-refractivity contribution in [2.45, 2.75) is 19.5 Å². The largest absolute Gasteiger partial charge is 0.497 e. The molecule has 0 aliphatic carbocycles. The number of ether oxygens (including phenoxy) is 2. The molecule has 1 N–H and O–H groups in total. The number of hydrogen-bond acceptors (Lipinski definition) is 6. The number of benzene rings is 1. The molecule has 6 nitrogen and oxygen atoms in total. The molecular weight excluding hydrogens is 373 g/mol. The number of alkyl halides is 3. The number of aromatic nitrogens is 1. The van der Waals surface area contributed by atoms with Crippen molar-refractivity contribution in [1.29, 1.82) is 0 Å². The molecule has 1 aromatic carbocycles. The van der Waals surface area contributed by atoms with E-state index >= 15 is 0 Å². The van der Waals surface area contributed by atoms with Gasteiger partial charge in [0.25, 0.3) is 0 Å². The Morgan fingerprint density at radius 3 is 2.42 bits per heavy atom. The lowest BCUT2D eigenvalue weighted by Crippen LogP contribution is -2.15. The lowest BCUT2D eigenvalue weighted by atomic mass is 10.1. The van der Waals surface area contributed by atoms with Gasteiger partial charge >= 0.3 is 12.1 Å². The summed E-state index contributed by atoms with van der Waals surface area (Å²) in [5.74, 6) is -1.08. The number of halogens is 3. The molecule has 140 valence electrons. The second kappa shape index (κ2) is 8.17. The predicted octanol–water partition coefficient (Wildman–Crippen LogP) is 3.53. The average Bonchev–Trinajstić information content (AvgIpc) is 3.00.